The minimum atomic E-state index is -2.46. The van der Waals surface area contributed by atoms with E-state index in [1.165, 1.54) is 12.8 Å². The van der Waals surface area contributed by atoms with Crippen LogP contribution < -0.4 is 0 Å². The molecule has 3 rings (SSSR count). The van der Waals surface area contributed by atoms with Crippen molar-refractivity contribution in [2.45, 2.75) is 56.1 Å². The molecule has 1 saturated carbocycles. The van der Waals surface area contributed by atoms with Crippen LogP contribution in [-0.4, -0.2) is 112 Å². The van der Waals surface area contributed by atoms with Gasteiger partial charge in [0.25, 0.3) is 0 Å². The minimum absolute atomic E-state index is 0.333. The monoisotopic (exact) mass is 512 g/mol. The van der Waals surface area contributed by atoms with Gasteiger partial charge in [0.15, 0.2) is 0 Å². The standard InChI is InChI=1S/C12H24O5Si.C9H20O5Si/c1-13-18(14-2,15-3)7-6-16-9-10-4-5-11-12(8-10)17-11;1-10-15(11-2,12-3)6-4-5-13-7-9-8-14-9/h10-12H,4-9H2,1-3H3;9H,4-8H2,1-3H3. The van der Waals surface area contributed by atoms with Gasteiger partial charge in [0.2, 0.25) is 0 Å². The number of rotatable bonds is 17. The third-order valence-corrected chi connectivity index (χ3v) is 11.9. The molecular formula is C21H44O10Si2. The first kappa shape index (κ1) is 29.3. The Morgan fingerprint density at radius 1 is 0.697 bits per heavy atom. The van der Waals surface area contributed by atoms with E-state index in [2.05, 4.69) is 0 Å². The molecule has 2 heterocycles. The smallest absolute Gasteiger partial charge is 0.381 e. The van der Waals surface area contributed by atoms with Crippen LogP contribution in [0.1, 0.15) is 25.7 Å². The first-order chi connectivity index (χ1) is 16.0. The van der Waals surface area contributed by atoms with E-state index in [4.69, 9.17) is 45.5 Å². The molecule has 1 aliphatic carbocycles. The Kier molecular flexibility index (Phi) is 13.5. The van der Waals surface area contributed by atoms with Gasteiger partial charge in [0.1, 0.15) is 6.10 Å². The highest BCUT2D eigenvalue weighted by Crippen LogP contribution is 2.39. The molecule has 2 saturated heterocycles. The molecule has 33 heavy (non-hydrogen) atoms. The zero-order valence-electron chi connectivity index (χ0n) is 21.2. The van der Waals surface area contributed by atoms with Crippen LogP contribution in [0, 0.1) is 5.92 Å². The summed E-state index contributed by atoms with van der Waals surface area (Å²) >= 11 is 0. The van der Waals surface area contributed by atoms with E-state index < -0.39 is 17.6 Å². The van der Waals surface area contributed by atoms with Crippen molar-refractivity contribution in [3.05, 3.63) is 0 Å². The predicted octanol–water partition coefficient (Wildman–Crippen LogP) is 2.12. The van der Waals surface area contributed by atoms with E-state index in [1.807, 2.05) is 0 Å². The molecule has 0 N–H and O–H groups in total. The molecule has 0 radical (unpaired) electrons. The molecule has 4 atom stereocenters. The zero-order chi connectivity index (χ0) is 24.2. The Morgan fingerprint density at radius 3 is 1.82 bits per heavy atom. The van der Waals surface area contributed by atoms with E-state index in [0.29, 0.717) is 50.1 Å². The summed E-state index contributed by atoms with van der Waals surface area (Å²) in [6.07, 6.45) is 5.89. The van der Waals surface area contributed by atoms with Crippen LogP contribution >= 0.6 is 0 Å². The van der Waals surface area contributed by atoms with Crippen molar-refractivity contribution in [2.75, 3.05) is 75.7 Å². The average Bonchev–Trinajstić information content (AvgIpc) is 3.78. The van der Waals surface area contributed by atoms with Crippen molar-refractivity contribution < 1.29 is 45.5 Å². The highest BCUT2D eigenvalue weighted by Gasteiger charge is 2.44. The van der Waals surface area contributed by atoms with Gasteiger partial charge in [-0.15, -0.1) is 0 Å². The zero-order valence-corrected chi connectivity index (χ0v) is 23.2. The van der Waals surface area contributed by atoms with E-state index in [9.17, 15) is 0 Å². The Hall–Kier alpha value is 0.0338. The number of ether oxygens (including phenoxy) is 4. The van der Waals surface area contributed by atoms with Crippen LogP contribution in [0.4, 0.5) is 0 Å². The Morgan fingerprint density at radius 2 is 1.27 bits per heavy atom. The molecular weight excluding hydrogens is 468 g/mol. The summed E-state index contributed by atoms with van der Waals surface area (Å²) in [7, 11) is 4.91. The van der Waals surface area contributed by atoms with E-state index in [-0.39, 0.29) is 0 Å². The van der Waals surface area contributed by atoms with Gasteiger partial charge in [0, 0.05) is 68.0 Å². The molecule has 0 amide bonds. The molecule has 3 fully saturated rings. The number of hydrogen-bond acceptors (Lipinski definition) is 10. The van der Waals surface area contributed by atoms with Crippen LogP contribution in [0.2, 0.25) is 12.1 Å². The lowest BCUT2D eigenvalue weighted by atomic mass is 9.90. The fraction of sp³-hybridized carbons (Fsp3) is 1.00. The van der Waals surface area contributed by atoms with Crippen molar-refractivity contribution in [3.8, 4) is 0 Å². The molecule has 0 bridgehead atoms. The quantitative estimate of drug-likeness (QED) is 0.164. The highest BCUT2D eigenvalue weighted by atomic mass is 28.4. The van der Waals surface area contributed by atoms with E-state index in [0.717, 1.165) is 32.1 Å². The summed E-state index contributed by atoms with van der Waals surface area (Å²) in [5.41, 5.74) is 0. The van der Waals surface area contributed by atoms with Crippen LogP contribution in [0.25, 0.3) is 0 Å². The Balaban J connectivity index is 0.000000238. The molecule has 0 aromatic heterocycles. The lowest BCUT2D eigenvalue weighted by molar-refractivity contribution is 0.0739. The Labute approximate surface area is 201 Å². The van der Waals surface area contributed by atoms with Crippen molar-refractivity contribution >= 4 is 17.6 Å². The van der Waals surface area contributed by atoms with Crippen LogP contribution in [0.3, 0.4) is 0 Å². The SMILES string of the molecule is CO[Si](CCCOCC1CO1)(OC)OC.CO[Si](CCOCC1CCC2OC2C1)(OC)OC. The maximum absolute atomic E-state index is 5.74. The summed E-state index contributed by atoms with van der Waals surface area (Å²) in [4.78, 5) is 0. The van der Waals surface area contributed by atoms with Gasteiger partial charge in [0.05, 0.1) is 32.0 Å². The topological polar surface area (TPSA) is 98.9 Å². The highest BCUT2D eigenvalue weighted by molar-refractivity contribution is 6.60. The molecule has 0 aromatic carbocycles. The van der Waals surface area contributed by atoms with Crippen molar-refractivity contribution in [1.82, 2.24) is 0 Å². The second kappa shape index (κ2) is 15.2. The summed E-state index contributed by atoms with van der Waals surface area (Å²) in [6.45, 7) is 3.68. The molecule has 3 aliphatic rings. The minimum Gasteiger partial charge on any atom is -0.381 e. The van der Waals surface area contributed by atoms with Crippen LogP contribution in [0.15, 0.2) is 0 Å². The lowest BCUT2D eigenvalue weighted by Gasteiger charge is -2.25. The molecule has 196 valence electrons. The average molecular weight is 513 g/mol. The van der Waals surface area contributed by atoms with Crippen LogP contribution in [0.5, 0.6) is 0 Å². The summed E-state index contributed by atoms with van der Waals surface area (Å²) < 4.78 is 53.6. The largest absolute Gasteiger partial charge is 0.502 e. The number of hydrogen-bond donors (Lipinski definition) is 0. The van der Waals surface area contributed by atoms with Crippen molar-refractivity contribution in [3.63, 3.8) is 0 Å². The molecule has 4 unspecified atom stereocenters. The van der Waals surface area contributed by atoms with Crippen molar-refractivity contribution in [1.29, 1.82) is 0 Å². The fourth-order valence-electron chi connectivity index (χ4n) is 3.97. The van der Waals surface area contributed by atoms with Gasteiger partial charge < -0.3 is 45.5 Å². The van der Waals surface area contributed by atoms with E-state index in [1.54, 1.807) is 42.7 Å². The van der Waals surface area contributed by atoms with Gasteiger partial charge in [-0.2, -0.15) is 0 Å². The van der Waals surface area contributed by atoms with Gasteiger partial charge in [-0.3, -0.25) is 0 Å². The molecule has 2 aliphatic heterocycles. The number of epoxide rings is 2. The first-order valence-electron chi connectivity index (χ1n) is 11.7. The van der Waals surface area contributed by atoms with Gasteiger partial charge in [-0.25, -0.2) is 0 Å². The summed E-state index contributed by atoms with van der Waals surface area (Å²) in [5.74, 6) is 0.650. The predicted molar refractivity (Wildman–Crippen MR) is 125 cm³/mol. The maximum atomic E-state index is 5.74. The fourth-order valence-corrected chi connectivity index (χ4v) is 7.16. The third-order valence-electron chi connectivity index (χ3n) is 6.36. The summed E-state index contributed by atoms with van der Waals surface area (Å²) in [5, 5.41) is 0. The van der Waals surface area contributed by atoms with Gasteiger partial charge in [-0.1, -0.05) is 0 Å². The van der Waals surface area contributed by atoms with Gasteiger partial charge >= 0.3 is 17.6 Å². The molecule has 0 spiro atoms. The number of fused-ring (bicyclic) bond motifs is 1. The molecule has 12 heteroatoms. The third kappa shape index (κ3) is 10.3. The first-order valence-corrected chi connectivity index (χ1v) is 15.6. The molecule has 0 aromatic rings. The van der Waals surface area contributed by atoms with Crippen LogP contribution in [-0.2, 0) is 45.5 Å². The second-order valence-electron chi connectivity index (χ2n) is 8.44. The van der Waals surface area contributed by atoms with Gasteiger partial charge in [-0.05, 0) is 31.6 Å². The molecule has 10 nitrogen and oxygen atoms in total. The Bertz CT molecular complexity index is 501. The van der Waals surface area contributed by atoms with E-state index >= 15 is 0 Å². The maximum Gasteiger partial charge on any atom is 0.502 e. The lowest BCUT2D eigenvalue weighted by Crippen LogP contribution is -2.43. The van der Waals surface area contributed by atoms with Crippen molar-refractivity contribution in [2.24, 2.45) is 5.92 Å². The normalized spacial score (nSPS) is 26.4. The summed E-state index contributed by atoms with van der Waals surface area (Å²) in [6, 6.07) is 1.48. The second-order valence-corrected chi connectivity index (χ2v) is 14.6.